The number of rotatable bonds is 3. The minimum Gasteiger partial charge on any atom is -0.465 e. The van der Waals surface area contributed by atoms with Crippen molar-refractivity contribution in [3.8, 4) is 5.75 Å². The Bertz CT molecular complexity index is 659. The third-order valence-electron chi connectivity index (χ3n) is 4.21. The normalized spacial score (nSPS) is 26.1. The second-order valence-corrected chi connectivity index (χ2v) is 7.20. The topological polar surface area (TPSA) is 72.9 Å². The molecule has 2 aliphatic rings. The maximum absolute atomic E-state index is 12.4. The van der Waals surface area contributed by atoms with Gasteiger partial charge in [-0.05, 0) is 37.6 Å². The number of thioether (sulfide) groups is 1. The van der Waals surface area contributed by atoms with Crippen molar-refractivity contribution in [2.45, 2.75) is 30.7 Å². The van der Waals surface area contributed by atoms with Crippen molar-refractivity contribution in [1.82, 2.24) is 4.90 Å². The SMILES string of the molecule is COC(=O)c1ccc(OC(=O)[C@@H]2CS[C@]3(C)CCC(=O)N23)cc1. The van der Waals surface area contributed by atoms with Crippen molar-refractivity contribution in [3.05, 3.63) is 29.8 Å². The predicted molar refractivity (Wildman–Crippen MR) is 84.1 cm³/mol. The van der Waals surface area contributed by atoms with Gasteiger partial charge in [-0.2, -0.15) is 0 Å². The third kappa shape index (κ3) is 2.81. The van der Waals surface area contributed by atoms with Crippen LogP contribution in [0.1, 0.15) is 30.1 Å². The van der Waals surface area contributed by atoms with E-state index in [-0.39, 0.29) is 10.8 Å². The van der Waals surface area contributed by atoms with E-state index in [0.717, 1.165) is 6.42 Å². The Hall–Kier alpha value is -2.02. The van der Waals surface area contributed by atoms with E-state index in [9.17, 15) is 14.4 Å². The molecule has 2 atom stereocenters. The van der Waals surface area contributed by atoms with Gasteiger partial charge in [0.1, 0.15) is 11.8 Å². The van der Waals surface area contributed by atoms with Gasteiger partial charge in [0.15, 0.2) is 0 Å². The highest BCUT2D eigenvalue weighted by Gasteiger charge is 2.53. The third-order valence-corrected chi connectivity index (χ3v) is 5.72. The number of carbonyl (C=O) groups excluding carboxylic acids is 3. The van der Waals surface area contributed by atoms with Gasteiger partial charge in [-0.3, -0.25) is 4.79 Å². The molecule has 2 aliphatic heterocycles. The van der Waals surface area contributed by atoms with Gasteiger partial charge < -0.3 is 14.4 Å². The molecule has 1 aromatic carbocycles. The van der Waals surface area contributed by atoms with Gasteiger partial charge in [0.25, 0.3) is 0 Å². The molecule has 2 saturated heterocycles. The number of amides is 1. The number of nitrogens with zero attached hydrogens (tertiary/aromatic N) is 1. The molecule has 2 heterocycles. The first-order chi connectivity index (χ1) is 10.9. The fourth-order valence-electron chi connectivity index (χ4n) is 2.96. The van der Waals surface area contributed by atoms with Gasteiger partial charge in [0.2, 0.25) is 5.91 Å². The largest absolute Gasteiger partial charge is 0.465 e. The maximum Gasteiger partial charge on any atom is 0.337 e. The highest BCUT2D eigenvalue weighted by Crippen LogP contribution is 2.47. The van der Waals surface area contributed by atoms with Crippen molar-refractivity contribution < 1.29 is 23.9 Å². The zero-order chi connectivity index (χ0) is 16.6. The number of esters is 2. The van der Waals surface area contributed by atoms with Gasteiger partial charge in [0, 0.05) is 12.2 Å². The maximum atomic E-state index is 12.4. The van der Waals surface area contributed by atoms with Crippen molar-refractivity contribution >= 4 is 29.6 Å². The molecule has 23 heavy (non-hydrogen) atoms. The molecule has 0 unspecified atom stereocenters. The van der Waals surface area contributed by atoms with Crippen LogP contribution in [0.4, 0.5) is 0 Å². The fraction of sp³-hybridized carbons (Fsp3) is 0.438. The van der Waals surface area contributed by atoms with Crippen LogP contribution in [0, 0.1) is 0 Å². The summed E-state index contributed by atoms with van der Waals surface area (Å²) in [6.45, 7) is 1.99. The first kappa shape index (κ1) is 15.9. The minimum absolute atomic E-state index is 0.000453. The lowest BCUT2D eigenvalue weighted by atomic mass is 10.2. The number of hydrogen-bond acceptors (Lipinski definition) is 6. The molecule has 7 heteroatoms. The molecule has 6 nitrogen and oxygen atoms in total. The van der Waals surface area contributed by atoms with Crippen molar-refractivity contribution in [1.29, 1.82) is 0 Å². The second kappa shape index (κ2) is 5.88. The summed E-state index contributed by atoms with van der Waals surface area (Å²) in [5.74, 6) is -0.00871. The number of carbonyl (C=O) groups is 3. The lowest BCUT2D eigenvalue weighted by molar-refractivity contribution is -0.146. The Morgan fingerprint density at radius 3 is 2.65 bits per heavy atom. The standard InChI is InChI=1S/C16H17NO5S/c1-16-8-7-13(18)17(16)12(9-23-16)15(20)22-11-5-3-10(4-6-11)14(19)21-2/h3-6,12H,7-9H2,1-2H3/t12-,16+/m0/s1. The quantitative estimate of drug-likeness (QED) is 0.620. The average Bonchev–Trinajstić information content (AvgIpc) is 3.04. The Morgan fingerprint density at radius 2 is 2.00 bits per heavy atom. The summed E-state index contributed by atoms with van der Waals surface area (Å²) in [6.07, 6.45) is 1.23. The fourth-order valence-corrected chi connectivity index (χ4v) is 4.37. The summed E-state index contributed by atoms with van der Waals surface area (Å²) in [5, 5.41) is 0. The molecule has 1 aromatic rings. The van der Waals surface area contributed by atoms with E-state index in [1.165, 1.54) is 31.4 Å². The molecule has 0 bridgehead atoms. The van der Waals surface area contributed by atoms with Gasteiger partial charge in [-0.1, -0.05) is 0 Å². The molecule has 2 fully saturated rings. The molecule has 0 saturated carbocycles. The van der Waals surface area contributed by atoms with Crippen LogP contribution < -0.4 is 4.74 Å². The number of methoxy groups -OCH3 is 1. The van der Waals surface area contributed by atoms with Crippen molar-refractivity contribution in [3.63, 3.8) is 0 Å². The molecule has 0 spiro atoms. The van der Waals surface area contributed by atoms with E-state index in [1.807, 2.05) is 6.92 Å². The number of fused-ring (bicyclic) bond motifs is 1. The lowest BCUT2D eigenvalue weighted by Gasteiger charge is -2.29. The number of ether oxygens (including phenoxy) is 2. The second-order valence-electron chi connectivity index (χ2n) is 5.70. The minimum atomic E-state index is -0.555. The van der Waals surface area contributed by atoms with Gasteiger partial charge >= 0.3 is 11.9 Å². The molecular weight excluding hydrogens is 318 g/mol. The summed E-state index contributed by atoms with van der Waals surface area (Å²) in [4.78, 5) is 37.2. The average molecular weight is 335 g/mol. The van der Waals surface area contributed by atoms with Crippen molar-refractivity contribution in [2.24, 2.45) is 0 Å². The summed E-state index contributed by atoms with van der Waals surface area (Å²) >= 11 is 1.62. The molecule has 0 N–H and O–H groups in total. The molecule has 1 amide bonds. The van der Waals surface area contributed by atoms with Gasteiger partial charge in [-0.25, -0.2) is 9.59 Å². The first-order valence-corrected chi connectivity index (χ1v) is 8.29. The Morgan fingerprint density at radius 1 is 1.30 bits per heavy atom. The van der Waals surface area contributed by atoms with E-state index in [0.29, 0.717) is 23.5 Å². The first-order valence-electron chi connectivity index (χ1n) is 7.31. The molecule has 0 aromatic heterocycles. The van der Waals surface area contributed by atoms with E-state index in [2.05, 4.69) is 4.74 Å². The Labute approximate surface area is 138 Å². The molecular formula is C16H17NO5S. The van der Waals surface area contributed by atoms with Crippen LogP contribution in [-0.4, -0.2) is 46.5 Å². The Kier molecular flexibility index (Phi) is 4.06. The summed E-state index contributed by atoms with van der Waals surface area (Å²) in [6, 6.07) is 5.58. The molecule has 0 radical (unpaired) electrons. The van der Waals surface area contributed by atoms with Crippen LogP contribution in [0.15, 0.2) is 24.3 Å². The zero-order valence-electron chi connectivity index (χ0n) is 12.9. The van der Waals surface area contributed by atoms with Gasteiger partial charge in [0.05, 0.1) is 17.5 Å². The molecule has 0 aliphatic carbocycles. The van der Waals surface area contributed by atoms with Crippen LogP contribution >= 0.6 is 11.8 Å². The number of hydrogen-bond donors (Lipinski definition) is 0. The lowest BCUT2D eigenvalue weighted by Crippen LogP contribution is -2.47. The summed E-state index contributed by atoms with van der Waals surface area (Å²) in [5.41, 5.74) is 0.381. The zero-order valence-corrected chi connectivity index (χ0v) is 13.7. The molecule has 3 rings (SSSR count). The van der Waals surface area contributed by atoms with Crippen LogP contribution in [-0.2, 0) is 14.3 Å². The monoisotopic (exact) mass is 335 g/mol. The Balaban J connectivity index is 1.70. The van der Waals surface area contributed by atoms with E-state index in [1.54, 1.807) is 16.7 Å². The van der Waals surface area contributed by atoms with Crippen molar-refractivity contribution in [2.75, 3.05) is 12.9 Å². The van der Waals surface area contributed by atoms with Crippen LogP contribution in [0.2, 0.25) is 0 Å². The van der Waals surface area contributed by atoms with Crippen LogP contribution in [0.5, 0.6) is 5.75 Å². The van der Waals surface area contributed by atoms with E-state index < -0.39 is 18.0 Å². The smallest absolute Gasteiger partial charge is 0.337 e. The van der Waals surface area contributed by atoms with Crippen LogP contribution in [0.25, 0.3) is 0 Å². The van der Waals surface area contributed by atoms with E-state index in [4.69, 9.17) is 4.74 Å². The predicted octanol–water partition coefficient (Wildman–Crippen LogP) is 1.83. The van der Waals surface area contributed by atoms with Gasteiger partial charge in [-0.15, -0.1) is 11.8 Å². The highest BCUT2D eigenvalue weighted by molar-refractivity contribution is 8.01. The van der Waals surface area contributed by atoms with E-state index >= 15 is 0 Å². The highest BCUT2D eigenvalue weighted by atomic mass is 32.2. The summed E-state index contributed by atoms with van der Waals surface area (Å²) in [7, 11) is 1.30. The summed E-state index contributed by atoms with van der Waals surface area (Å²) < 4.78 is 9.99. The number of benzene rings is 1. The molecule has 122 valence electrons. The van der Waals surface area contributed by atoms with Crippen LogP contribution in [0.3, 0.4) is 0 Å².